The molecule has 18 heteroatoms. The lowest BCUT2D eigenvalue weighted by Gasteiger charge is -2.31. The number of benzene rings is 3. The fraction of sp³-hybridized carbons (Fsp3) is 0.259. The predicted molar refractivity (Wildman–Crippen MR) is 136 cm³/mol. The number of nitrogens with one attached hydrogen (secondary N) is 1. The summed E-state index contributed by atoms with van der Waals surface area (Å²) in [5.41, 5.74) is -11.1. The van der Waals surface area contributed by atoms with Gasteiger partial charge in [-0.05, 0) is 43.3 Å². The molecule has 0 heterocycles. The molecular formula is C27H20F10N2O6. The maximum absolute atomic E-state index is 14.6. The van der Waals surface area contributed by atoms with Crippen LogP contribution in [0.3, 0.4) is 0 Å². The summed E-state index contributed by atoms with van der Waals surface area (Å²) in [6, 6.07) is 5.79. The van der Waals surface area contributed by atoms with Gasteiger partial charge in [0.2, 0.25) is 0 Å². The van der Waals surface area contributed by atoms with E-state index in [0.717, 1.165) is 36.3 Å². The van der Waals surface area contributed by atoms with Crippen molar-refractivity contribution in [1.82, 2.24) is 0 Å². The van der Waals surface area contributed by atoms with E-state index in [2.05, 4.69) is 4.74 Å². The first-order valence-corrected chi connectivity index (χ1v) is 12.2. The SMILES string of the molecule is CCN(C(=O)c1cccc(O)c1F)c1cccc(C(=O)Nc2c(O)cc(C(F)(C(F)(F)F)C(F)(F)F)cc2OC(F)F)c1OC. The summed E-state index contributed by atoms with van der Waals surface area (Å²) in [6.07, 6.45) is -13.4. The second-order valence-electron chi connectivity index (χ2n) is 8.90. The second kappa shape index (κ2) is 12.6. The number of nitrogens with zero attached hydrogens (tertiary/aromatic N) is 1. The normalized spacial score (nSPS) is 12.2. The van der Waals surface area contributed by atoms with Gasteiger partial charge in [0.15, 0.2) is 23.1 Å². The second-order valence-corrected chi connectivity index (χ2v) is 8.90. The smallest absolute Gasteiger partial charge is 0.435 e. The van der Waals surface area contributed by atoms with Crippen LogP contribution in [0, 0.1) is 5.82 Å². The highest BCUT2D eigenvalue weighted by atomic mass is 19.4. The largest absolute Gasteiger partial charge is 0.506 e. The lowest BCUT2D eigenvalue weighted by molar-refractivity contribution is -0.348. The molecule has 244 valence electrons. The number of para-hydroxylation sites is 1. The number of rotatable bonds is 9. The Labute approximate surface area is 246 Å². The van der Waals surface area contributed by atoms with Gasteiger partial charge >= 0.3 is 24.6 Å². The summed E-state index contributed by atoms with van der Waals surface area (Å²) >= 11 is 0. The van der Waals surface area contributed by atoms with Gasteiger partial charge in [-0.15, -0.1) is 0 Å². The molecule has 0 spiro atoms. The number of hydrogen-bond donors (Lipinski definition) is 3. The van der Waals surface area contributed by atoms with Gasteiger partial charge in [-0.1, -0.05) is 12.1 Å². The zero-order valence-electron chi connectivity index (χ0n) is 22.7. The summed E-state index contributed by atoms with van der Waals surface area (Å²) in [4.78, 5) is 27.3. The van der Waals surface area contributed by atoms with Crippen LogP contribution in [-0.2, 0) is 5.67 Å². The molecule has 0 unspecified atom stereocenters. The van der Waals surface area contributed by atoms with Gasteiger partial charge in [-0.2, -0.15) is 35.1 Å². The van der Waals surface area contributed by atoms with Crippen LogP contribution in [0.2, 0.25) is 0 Å². The minimum atomic E-state index is -6.68. The highest BCUT2D eigenvalue weighted by molar-refractivity contribution is 6.11. The van der Waals surface area contributed by atoms with Crippen LogP contribution in [0.15, 0.2) is 48.5 Å². The van der Waals surface area contributed by atoms with E-state index < -0.39 is 93.7 Å². The molecule has 0 bridgehead atoms. The molecule has 0 aromatic heterocycles. The zero-order valence-corrected chi connectivity index (χ0v) is 22.7. The number of phenols is 2. The molecule has 0 atom stereocenters. The van der Waals surface area contributed by atoms with Gasteiger partial charge in [0, 0.05) is 12.1 Å². The van der Waals surface area contributed by atoms with Crippen LogP contribution in [0.5, 0.6) is 23.0 Å². The van der Waals surface area contributed by atoms with E-state index >= 15 is 0 Å². The van der Waals surface area contributed by atoms with Crippen molar-refractivity contribution in [2.45, 2.75) is 31.6 Å². The predicted octanol–water partition coefficient (Wildman–Crippen LogP) is 7.06. The van der Waals surface area contributed by atoms with E-state index in [1.165, 1.54) is 19.1 Å². The summed E-state index contributed by atoms with van der Waals surface area (Å²) in [6.45, 7) is -2.70. The summed E-state index contributed by atoms with van der Waals surface area (Å²) < 4.78 is 144. The van der Waals surface area contributed by atoms with E-state index in [1.54, 1.807) is 5.32 Å². The molecule has 0 saturated carbocycles. The molecule has 0 aliphatic heterocycles. The van der Waals surface area contributed by atoms with Gasteiger partial charge in [-0.25, -0.2) is 8.78 Å². The van der Waals surface area contributed by atoms with Crippen molar-refractivity contribution >= 4 is 23.2 Å². The number of aromatic hydroxyl groups is 2. The van der Waals surface area contributed by atoms with Crippen LogP contribution in [0.25, 0.3) is 0 Å². The third-order valence-corrected chi connectivity index (χ3v) is 6.22. The lowest BCUT2D eigenvalue weighted by Crippen LogP contribution is -2.50. The molecule has 0 radical (unpaired) electrons. The average molecular weight is 658 g/mol. The molecule has 8 nitrogen and oxygen atoms in total. The quantitative estimate of drug-likeness (QED) is 0.168. The maximum atomic E-state index is 14.6. The van der Waals surface area contributed by atoms with E-state index in [9.17, 15) is 63.7 Å². The Hall–Kier alpha value is -4.90. The monoisotopic (exact) mass is 658 g/mol. The van der Waals surface area contributed by atoms with Gasteiger partial charge in [0.05, 0.1) is 23.9 Å². The number of hydrogen-bond acceptors (Lipinski definition) is 6. The van der Waals surface area contributed by atoms with Gasteiger partial charge < -0.3 is 29.9 Å². The topological polar surface area (TPSA) is 108 Å². The van der Waals surface area contributed by atoms with Crippen molar-refractivity contribution in [2.24, 2.45) is 0 Å². The van der Waals surface area contributed by atoms with Crippen LogP contribution in [0.1, 0.15) is 33.2 Å². The molecule has 0 saturated heterocycles. The van der Waals surface area contributed by atoms with Crippen molar-refractivity contribution in [1.29, 1.82) is 0 Å². The Bertz CT molecular complexity index is 1580. The van der Waals surface area contributed by atoms with Gasteiger partial charge in [0.25, 0.3) is 11.8 Å². The lowest BCUT2D eigenvalue weighted by atomic mass is 9.93. The highest BCUT2D eigenvalue weighted by Gasteiger charge is 2.73. The van der Waals surface area contributed by atoms with Crippen LogP contribution in [0.4, 0.5) is 55.3 Å². The van der Waals surface area contributed by atoms with E-state index in [-0.39, 0.29) is 18.3 Å². The summed E-state index contributed by atoms with van der Waals surface area (Å²) in [5.74, 6) is -8.38. The van der Waals surface area contributed by atoms with Gasteiger partial charge in [0.1, 0.15) is 11.4 Å². The minimum absolute atomic E-state index is 0.187. The van der Waals surface area contributed by atoms with E-state index in [0.29, 0.717) is 0 Å². The van der Waals surface area contributed by atoms with Crippen molar-refractivity contribution in [2.75, 3.05) is 23.9 Å². The van der Waals surface area contributed by atoms with Crippen LogP contribution < -0.4 is 19.7 Å². The molecule has 3 aromatic carbocycles. The van der Waals surface area contributed by atoms with Crippen molar-refractivity contribution in [3.63, 3.8) is 0 Å². The molecule has 3 N–H and O–H groups in total. The number of amides is 2. The fourth-order valence-corrected chi connectivity index (χ4v) is 4.17. The fourth-order valence-electron chi connectivity index (χ4n) is 4.17. The molecule has 3 aromatic rings. The van der Waals surface area contributed by atoms with Crippen molar-refractivity contribution in [3.8, 4) is 23.0 Å². The third kappa shape index (κ3) is 6.48. The van der Waals surface area contributed by atoms with Crippen molar-refractivity contribution < 1.29 is 73.2 Å². The van der Waals surface area contributed by atoms with Crippen LogP contribution in [-0.4, -0.2) is 54.6 Å². The number of alkyl halides is 9. The Morgan fingerprint density at radius 1 is 0.911 bits per heavy atom. The molecule has 0 fully saturated rings. The molecule has 0 aliphatic rings. The Morgan fingerprint density at radius 2 is 1.49 bits per heavy atom. The van der Waals surface area contributed by atoms with Gasteiger partial charge in [-0.3, -0.25) is 9.59 Å². The number of carbonyl (C=O) groups is 2. The Morgan fingerprint density at radius 3 is 2.02 bits per heavy atom. The highest BCUT2D eigenvalue weighted by Crippen LogP contribution is 2.55. The summed E-state index contributed by atoms with van der Waals surface area (Å²) in [5, 5.41) is 21.7. The number of ether oxygens (including phenoxy) is 2. The molecule has 3 rings (SSSR count). The standard InChI is InChI=1S/C27H20F10N2O6/c1-3-39(23(43)13-6-5-9-16(40)19(13)28)15-8-4-7-14(21(15)44-2)22(42)38-20-17(41)10-12(11-18(20)45-24(29)30)25(31,26(32,33)34)27(35,36)37/h4-11,24,40-41H,3H2,1-2H3,(H,38,42). The van der Waals surface area contributed by atoms with E-state index in [1.807, 2.05) is 0 Å². The number of halogens is 10. The number of carbonyl (C=O) groups excluding carboxylic acids is 2. The molecule has 45 heavy (non-hydrogen) atoms. The first kappa shape index (κ1) is 34.6. The maximum Gasteiger partial charge on any atom is 0.435 e. The first-order chi connectivity index (χ1) is 20.8. The number of phenolic OH excluding ortho intramolecular Hbond substituents is 2. The molecule has 2 amide bonds. The first-order valence-electron chi connectivity index (χ1n) is 12.2. The Kier molecular flexibility index (Phi) is 9.69. The zero-order chi connectivity index (χ0) is 34.1. The minimum Gasteiger partial charge on any atom is -0.506 e. The number of methoxy groups -OCH3 is 1. The average Bonchev–Trinajstić information content (AvgIpc) is 2.94. The molecule has 0 aliphatic carbocycles. The van der Waals surface area contributed by atoms with Crippen molar-refractivity contribution in [3.05, 3.63) is 71.0 Å². The molecular weight excluding hydrogens is 638 g/mol. The number of anilines is 2. The van der Waals surface area contributed by atoms with Crippen LogP contribution >= 0.6 is 0 Å². The summed E-state index contributed by atoms with van der Waals surface area (Å²) in [7, 11) is 1.01. The third-order valence-electron chi connectivity index (χ3n) is 6.22. The van der Waals surface area contributed by atoms with E-state index in [4.69, 9.17) is 4.74 Å². The Balaban J connectivity index is 2.13.